The Morgan fingerprint density at radius 3 is 2.89 bits per heavy atom. The summed E-state index contributed by atoms with van der Waals surface area (Å²) >= 11 is 4.85. The molecule has 0 saturated carbocycles. The molecular formula is C20H18BrFN2O2S. The summed E-state index contributed by atoms with van der Waals surface area (Å²) < 4.78 is 20.5. The fourth-order valence-electron chi connectivity index (χ4n) is 2.56. The van der Waals surface area contributed by atoms with Gasteiger partial charge in [-0.05, 0) is 43.3 Å². The predicted octanol–water partition coefficient (Wildman–Crippen LogP) is 5.29. The van der Waals surface area contributed by atoms with Crippen LogP contribution >= 0.6 is 27.3 Å². The van der Waals surface area contributed by atoms with Crippen molar-refractivity contribution in [1.82, 2.24) is 9.88 Å². The molecule has 0 fully saturated rings. The summed E-state index contributed by atoms with van der Waals surface area (Å²) in [5.74, 6) is 0.0966. The van der Waals surface area contributed by atoms with E-state index in [9.17, 15) is 9.18 Å². The number of amides is 1. The van der Waals surface area contributed by atoms with Crippen LogP contribution in [-0.2, 0) is 13.2 Å². The molecule has 0 unspecified atom stereocenters. The summed E-state index contributed by atoms with van der Waals surface area (Å²) in [5.41, 5.74) is 3.56. The fraction of sp³-hybridized carbons (Fsp3) is 0.200. The maximum absolute atomic E-state index is 14.0. The average molecular weight is 449 g/mol. The predicted molar refractivity (Wildman–Crippen MR) is 107 cm³/mol. The minimum atomic E-state index is -0.329. The average Bonchev–Trinajstić information content (AvgIpc) is 3.20. The van der Waals surface area contributed by atoms with E-state index < -0.39 is 0 Å². The van der Waals surface area contributed by atoms with E-state index in [0.717, 1.165) is 10.2 Å². The third-order valence-electron chi connectivity index (χ3n) is 3.99. The smallest absolute Gasteiger partial charge is 0.254 e. The summed E-state index contributed by atoms with van der Waals surface area (Å²) in [6.07, 6.45) is 0. The summed E-state index contributed by atoms with van der Waals surface area (Å²) in [6.45, 7) is 2.89. The molecule has 0 atom stereocenters. The molecule has 1 aromatic heterocycles. The van der Waals surface area contributed by atoms with Crippen molar-refractivity contribution in [3.8, 4) is 5.75 Å². The molecule has 7 heteroatoms. The highest BCUT2D eigenvalue weighted by molar-refractivity contribution is 9.10. The minimum Gasteiger partial charge on any atom is -0.487 e. The van der Waals surface area contributed by atoms with Gasteiger partial charge in [0.25, 0.3) is 5.91 Å². The second kappa shape index (κ2) is 9.10. The molecule has 3 rings (SSSR count). The lowest BCUT2D eigenvalue weighted by Gasteiger charge is -2.22. The lowest BCUT2D eigenvalue weighted by molar-refractivity contribution is 0.0750. The Labute approximate surface area is 169 Å². The maximum Gasteiger partial charge on any atom is 0.254 e. The molecule has 0 radical (unpaired) electrons. The highest BCUT2D eigenvalue weighted by atomic mass is 79.9. The topological polar surface area (TPSA) is 42.4 Å². The lowest BCUT2D eigenvalue weighted by Crippen LogP contribution is -2.30. The van der Waals surface area contributed by atoms with Gasteiger partial charge in [-0.25, -0.2) is 9.37 Å². The van der Waals surface area contributed by atoms with E-state index in [1.165, 1.54) is 17.4 Å². The van der Waals surface area contributed by atoms with Crippen LogP contribution in [0.4, 0.5) is 4.39 Å². The highest BCUT2D eigenvalue weighted by Crippen LogP contribution is 2.20. The highest BCUT2D eigenvalue weighted by Gasteiger charge is 2.17. The molecule has 0 bridgehead atoms. The molecule has 0 spiro atoms. The molecule has 0 N–H and O–H groups in total. The molecule has 27 heavy (non-hydrogen) atoms. The molecule has 1 heterocycles. The number of benzene rings is 2. The molecule has 4 nitrogen and oxygen atoms in total. The molecule has 0 saturated heterocycles. The number of thiazole rings is 1. The number of carbonyl (C=O) groups is 1. The van der Waals surface area contributed by atoms with Crippen LogP contribution in [0.15, 0.2) is 57.8 Å². The van der Waals surface area contributed by atoms with Crippen molar-refractivity contribution >= 4 is 33.2 Å². The van der Waals surface area contributed by atoms with Crippen molar-refractivity contribution in [2.75, 3.05) is 6.54 Å². The van der Waals surface area contributed by atoms with E-state index in [1.54, 1.807) is 46.8 Å². The third-order valence-corrected chi connectivity index (χ3v) is 5.12. The fourth-order valence-corrected chi connectivity index (χ4v) is 3.52. The van der Waals surface area contributed by atoms with Crippen LogP contribution in [0.5, 0.6) is 5.75 Å². The molecule has 0 aliphatic heterocycles. The van der Waals surface area contributed by atoms with Gasteiger partial charge in [0.2, 0.25) is 0 Å². The molecule has 0 aliphatic carbocycles. The van der Waals surface area contributed by atoms with Crippen molar-refractivity contribution in [1.29, 1.82) is 0 Å². The first-order valence-corrected chi connectivity index (χ1v) is 10.1. The zero-order valence-corrected chi connectivity index (χ0v) is 17.1. The molecule has 2 aromatic carbocycles. The molecule has 1 amide bonds. The van der Waals surface area contributed by atoms with Crippen LogP contribution in [0.3, 0.4) is 0 Å². The largest absolute Gasteiger partial charge is 0.487 e. The van der Waals surface area contributed by atoms with Crippen LogP contribution in [-0.4, -0.2) is 22.3 Å². The monoisotopic (exact) mass is 448 g/mol. The number of hydrogen-bond acceptors (Lipinski definition) is 4. The van der Waals surface area contributed by atoms with Crippen molar-refractivity contribution in [2.45, 2.75) is 20.1 Å². The number of rotatable bonds is 7. The van der Waals surface area contributed by atoms with E-state index in [4.69, 9.17) is 4.74 Å². The SMILES string of the molecule is CCN(Cc1cc(Br)ccc1F)C(=O)c1cccc(OCc2cscn2)c1. The van der Waals surface area contributed by atoms with Crippen molar-refractivity contribution in [2.24, 2.45) is 0 Å². The van der Waals surface area contributed by atoms with Crippen LogP contribution in [0.1, 0.15) is 28.5 Å². The number of aromatic nitrogens is 1. The second-order valence-electron chi connectivity index (χ2n) is 5.85. The van der Waals surface area contributed by atoms with E-state index in [2.05, 4.69) is 20.9 Å². The molecule has 0 aliphatic rings. The number of hydrogen-bond donors (Lipinski definition) is 0. The van der Waals surface area contributed by atoms with E-state index in [0.29, 0.717) is 30.0 Å². The standard InChI is InChI=1S/C20H18BrFN2O2S/c1-2-24(10-15-8-16(21)6-7-19(15)22)20(25)14-4-3-5-18(9-14)26-11-17-12-27-13-23-17/h3-9,12-13H,2,10-11H2,1H3. The van der Waals surface area contributed by atoms with E-state index in [-0.39, 0.29) is 18.3 Å². The second-order valence-corrected chi connectivity index (χ2v) is 7.49. The Hall–Kier alpha value is -2.25. The lowest BCUT2D eigenvalue weighted by atomic mass is 10.1. The summed E-state index contributed by atoms with van der Waals surface area (Å²) in [5, 5.41) is 1.92. The van der Waals surface area contributed by atoms with Crippen LogP contribution < -0.4 is 4.74 Å². The zero-order chi connectivity index (χ0) is 19.2. The normalized spacial score (nSPS) is 10.6. The van der Waals surface area contributed by atoms with Crippen molar-refractivity contribution < 1.29 is 13.9 Å². The molecule has 140 valence electrons. The van der Waals surface area contributed by atoms with Gasteiger partial charge in [-0.2, -0.15) is 0 Å². The number of halogens is 2. The van der Waals surface area contributed by atoms with Crippen molar-refractivity contribution in [3.63, 3.8) is 0 Å². The first kappa shape index (κ1) is 19.5. The summed E-state index contributed by atoms with van der Waals surface area (Å²) in [7, 11) is 0. The van der Waals surface area contributed by atoms with E-state index >= 15 is 0 Å². The van der Waals surface area contributed by atoms with Crippen molar-refractivity contribution in [3.05, 3.63) is 80.5 Å². The third kappa shape index (κ3) is 5.14. The van der Waals surface area contributed by atoms with Gasteiger partial charge >= 0.3 is 0 Å². The van der Waals surface area contributed by atoms with E-state index in [1.807, 2.05) is 12.3 Å². The van der Waals surface area contributed by atoms with Crippen LogP contribution in [0, 0.1) is 5.82 Å². The van der Waals surface area contributed by atoms with Crippen LogP contribution in [0.25, 0.3) is 0 Å². The van der Waals surface area contributed by atoms with Gasteiger partial charge < -0.3 is 9.64 Å². The molecule has 3 aromatic rings. The van der Waals surface area contributed by atoms with Gasteiger partial charge in [-0.3, -0.25) is 4.79 Å². The number of carbonyl (C=O) groups excluding carboxylic acids is 1. The van der Waals surface area contributed by atoms with Gasteiger partial charge in [0, 0.05) is 34.1 Å². The Kier molecular flexibility index (Phi) is 6.58. The first-order valence-electron chi connectivity index (χ1n) is 8.40. The zero-order valence-electron chi connectivity index (χ0n) is 14.7. The quantitative estimate of drug-likeness (QED) is 0.493. The number of nitrogens with zero attached hydrogens (tertiary/aromatic N) is 2. The Bertz CT molecular complexity index is 918. The summed E-state index contributed by atoms with van der Waals surface area (Å²) in [4.78, 5) is 18.7. The van der Waals surface area contributed by atoms with Gasteiger partial charge in [-0.1, -0.05) is 22.0 Å². The minimum absolute atomic E-state index is 0.170. The molecular weight excluding hydrogens is 431 g/mol. The Morgan fingerprint density at radius 2 is 2.15 bits per heavy atom. The van der Waals surface area contributed by atoms with Gasteiger partial charge in [0.15, 0.2) is 0 Å². The Balaban J connectivity index is 1.72. The first-order chi connectivity index (χ1) is 13.1. The maximum atomic E-state index is 14.0. The van der Waals surface area contributed by atoms with Crippen LogP contribution in [0.2, 0.25) is 0 Å². The Morgan fingerprint density at radius 1 is 1.30 bits per heavy atom. The van der Waals surface area contributed by atoms with Gasteiger partial charge in [-0.15, -0.1) is 11.3 Å². The van der Waals surface area contributed by atoms with Gasteiger partial charge in [0.05, 0.1) is 11.2 Å². The van der Waals surface area contributed by atoms with Gasteiger partial charge in [0.1, 0.15) is 18.2 Å². The number of ether oxygens (including phenoxy) is 1. The summed E-state index contributed by atoms with van der Waals surface area (Å²) in [6, 6.07) is 11.7.